The number of aliphatic hydroxyl groups is 1. The summed E-state index contributed by atoms with van der Waals surface area (Å²) in [5, 5.41) is 10.2. The lowest BCUT2D eigenvalue weighted by molar-refractivity contribution is -0.128. The highest BCUT2D eigenvalue weighted by Gasteiger charge is 2.57. The maximum absolute atomic E-state index is 13.2. The van der Waals surface area contributed by atoms with Crippen LogP contribution < -0.4 is 0 Å². The van der Waals surface area contributed by atoms with Crippen LogP contribution in [0.5, 0.6) is 0 Å². The van der Waals surface area contributed by atoms with Gasteiger partial charge in [0.1, 0.15) is 11.4 Å². The van der Waals surface area contributed by atoms with Gasteiger partial charge in [-0.2, -0.15) is 0 Å². The molecule has 2 unspecified atom stereocenters. The molecule has 4 aliphatic carbocycles. The van der Waals surface area contributed by atoms with Crippen LogP contribution in [0, 0.1) is 35.0 Å². The SMILES string of the molecule is CC(=O)[C@H]1CCC2C3CC=C4C[C@@](O)(C(F)F)CC[C@@H]4[C@H]3CC[C@@]21C. The third-order valence-electron chi connectivity index (χ3n) is 8.43. The first-order valence-corrected chi connectivity index (χ1v) is 9.96. The third-order valence-corrected chi connectivity index (χ3v) is 8.43. The standard InChI is InChI=1S/C21H30F2O2/c1-12(24)17-5-6-18-16-4-3-13-11-21(25,19(22)23)10-8-14(13)15(16)7-9-20(17,18)2/h3,14-19,25H,4-11H2,1-2H3/t14-,15+,16?,17+,18?,20+,21+/m0/s1. The van der Waals surface area contributed by atoms with E-state index in [1.54, 1.807) is 6.92 Å². The summed E-state index contributed by atoms with van der Waals surface area (Å²) in [6, 6.07) is 0. The molecule has 0 aromatic rings. The number of carbonyl (C=O) groups excluding carboxylic acids is 1. The molecule has 3 fully saturated rings. The molecule has 1 N–H and O–H groups in total. The van der Waals surface area contributed by atoms with Crippen LogP contribution in [0.4, 0.5) is 8.78 Å². The van der Waals surface area contributed by atoms with Crippen molar-refractivity contribution in [2.75, 3.05) is 0 Å². The van der Waals surface area contributed by atoms with Crippen molar-refractivity contribution in [1.29, 1.82) is 0 Å². The Kier molecular flexibility index (Phi) is 4.14. The molecule has 4 rings (SSSR count). The zero-order chi connectivity index (χ0) is 18.0. The summed E-state index contributed by atoms with van der Waals surface area (Å²) in [5.41, 5.74) is -0.595. The number of fused-ring (bicyclic) bond motifs is 5. The van der Waals surface area contributed by atoms with E-state index in [1.165, 1.54) is 0 Å². The van der Waals surface area contributed by atoms with E-state index in [2.05, 4.69) is 13.0 Å². The molecule has 4 aliphatic rings. The molecule has 0 saturated heterocycles. The number of hydrogen-bond acceptors (Lipinski definition) is 2. The van der Waals surface area contributed by atoms with E-state index in [0.717, 1.165) is 37.7 Å². The molecule has 0 bridgehead atoms. The number of alkyl halides is 2. The summed E-state index contributed by atoms with van der Waals surface area (Å²) >= 11 is 0. The van der Waals surface area contributed by atoms with E-state index in [9.17, 15) is 18.7 Å². The third kappa shape index (κ3) is 2.54. The number of halogens is 2. The molecule has 0 aromatic carbocycles. The van der Waals surface area contributed by atoms with Crippen molar-refractivity contribution in [3.8, 4) is 0 Å². The fourth-order valence-corrected chi connectivity index (χ4v) is 7.17. The fourth-order valence-electron chi connectivity index (χ4n) is 7.17. The number of ketones is 1. The molecular weight excluding hydrogens is 322 g/mol. The van der Waals surface area contributed by atoms with Crippen LogP contribution in [-0.2, 0) is 4.79 Å². The average Bonchev–Trinajstić information content (AvgIpc) is 2.91. The molecule has 0 radical (unpaired) electrons. The van der Waals surface area contributed by atoms with Crippen LogP contribution >= 0.6 is 0 Å². The first-order chi connectivity index (χ1) is 11.8. The summed E-state index contributed by atoms with van der Waals surface area (Å²) in [4.78, 5) is 12.1. The summed E-state index contributed by atoms with van der Waals surface area (Å²) in [7, 11) is 0. The van der Waals surface area contributed by atoms with E-state index in [1.807, 2.05) is 0 Å². The van der Waals surface area contributed by atoms with Gasteiger partial charge < -0.3 is 5.11 Å². The van der Waals surface area contributed by atoms with E-state index >= 15 is 0 Å². The topological polar surface area (TPSA) is 37.3 Å². The van der Waals surface area contributed by atoms with Gasteiger partial charge in [-0.1, -0.05) is 18.6 Å². The van der Waals surface area contributed by atoms with Crippen molar-refractivity contribution < 1.29 is 18.7 Å². The van der Waals surface area contributed by atoms with E-state index in [0.29, 0.717) is 35.9 Å². The van der Waals surface area contributed by atoms with Crippen LogP contribution in [-0.4, -0.2) is 22.9 Å². The Morgan fingerprint density at radius 3 is 2.64 bits per heavy atom. The molecule has 2 nitrogen and oxygen atoms in total. The first-order valence-electron chi connectivity index (χ1n) is 9.96. The highest BCUT2D eigenvalue weighted by Crippen LogP contribution is 2.63. The Morgan fingerprint density at radius 1 is 1.20 bits per heavy atom. The zero-order valence-electron chi connectivity index (χ0n) is 15.3. The van der Waals surface area contributed by atoms with Crippen molar-refractivity contribution in [3.05, 3.63) is 11.6 Å². The maximum atomic E-state index is 13.2. The van der Waals surface area contributed by atoms with Crippen molar-refractivity contribution in [2.45, 2.75) is 77.2 Å². The highest BCUT2D eigenvalue weighted by atomic mass is 19.3. The Bertz CT molecular complexity index is 601. The van der Waals surface area contributed by atoms with Gasteiger partial charge in [0.25, 0.3) is 6.43 Å². The van der Waals surface area contributed by atoms with Gasteiger partial charge in [0.2, 0.25) is 0 Å². The Morgan fingerprint density at radius 2 is 1.96 bits per heavy atom. The number of rotatable bonds is 2. The van der Waals surface area contributed by atoms with Crippen molar-refractivity contribution in [3.63, 3.8) is 0 Å². The van der Waals surface area contributed by atoms with Crippen LogP contribution in [0.1, 0.15) is 65.2 Å². The largest absolute Gasteiger partial charge is 0.384 e. The van der Waals surface area contributed by atoms with E-state index in [4.69, 9.17) is 0 Å². The molecule has 0 aliphatic heterocycles. The second-order valence-corrected chi connectivity index (χ2v) is 9.46. The van der Waals surface area contributed by atoms with Gasteiger partial charge in [-0.15, -0.1) is 0 Å². The summed E-state index contributed by atoms with van der Waals surface area (Å²) in [6.45, 7) is 4.07. The van der Waals surface area contributed by atoms with Gasteiger partial charge >= 0.3 is 0 Å². The molecule has 0 amide bonds. The lowest BCUT2D eigenvalue weighted by Gasteiger charge is -2.54. The van der Waals surface area contributed by atoms with E-state index in [-0.39, 0.29) is 24.2 Å². The summed E-state index contributed by atoms with van der Waals surface area (Å²) < 4.78 is 26.5. The quantitative estimate of drug-likeness (QED) is 0.728. The summed E-state index contributed by atoms with van der Waals surface area (Å²) in [6.07, 6.45) is 5.87. The first kappa shape index (κ1) is 17.6. The summed E-state index contributed by atoms with van der Waals surface area (Å²) in [5.74, 6) is 2.67. The fraction of sp³-hybridized carbons (Fsp3) is 0.857. The second-order valence-electron chi connectivity index (χ2n) is 9.46. The molecule has 0 heterocycles. The van der Waals surface area contributed by atoms with Crippen molar-refractivity contribution in [2.24, 2.45) is 35.0 Å². The number of allylic oxidation sites excluding steroid dienone is 1. The van der Waals surface area contributed by atoms with Crippen LogP contribution in [0.2, 0.25) is 0 Å². The molecule has 0 aromatic heterocycles. The predicted molar refractivity (Wildman–Crippen MR) is 92.2 cm³/mol. The van der Waals surface area contributed by atoms with Crippen LogP contribution in [0.15, 0.2) is 11.6 Å². The molecule has 0 spiro atoms. The van der Waals surface area contributed by atoms with Gasteiger partial charge in [0, 0.05) is 12.3 Å². The zero-order valence-corrected chi connectivity index (χ0v) is 15.3. The Hall–Kier alpha value is -0.770. The Labute approximate surface area is 149 Å². The van der Waals surface area contributed by atoms with E-state index < -0.39 is 12.0 Å². The molecule has 4 heteroatoms. The number of carbonyl (C=O) groups is 1. The highest BCUT2D eigenvalue weighted by molar-refractivity contribution is 5.79. The van der Waals surface area contributed by atoms with Crippen molar-refractivity contribution >= 4 is 5.78 Å². The van der Waals surface area contributed by atoms with Gasteiger partial charge in [-0.05, 0) is 81.0 Å². The maximum Gasteiger partial charge on any atom is 0.267 e. The minimum Gasteiger partial charge on any atom is -0.384 e. The minimum atomic E-state index is -2.66. The van der Waals surface area contributed by atoms with Crippen LogP contribution in [0.3, 0.4) is 0 Å². The van der Waals surface area contributed by atoms with Gasteiger partial charge in [-0.25, -0.2) is 8.78 Å². The molecule has 7 atom stereocenters. The smallest absolute Gasteiger partial charge is 0.267 e. The van der Waals surface area contributed by atoms with Gasteiger partial charge in [-0.3, -0.25) is 4.79 Å². The molecule has 3 saturated carbocycles. The van der Waals surface area contributed by atoms with Gasteiger partial charge in [0.15, 0.2) is 0 Å². The molecular formula is C21H30F2O2. The normalized spacial score (nSPS) is 49.2. The molecule has 25 heavy (non-hydrogen) atoms. The number of Topliss-reactive ketones (excluding diaryl/α,β-unsaturated/α-hetero) is 1. The lowest BCUT2D eigenvalue weighted by Crippen LogP contribution is -2.49. The predicted octanol–water partition coefficient (Wildman–Crippen LogP) is 4.76. The minimum absolute atomic E-state index is 0.136. The monoisotopic (exact) mass is 352 g/mol. The molecule has 140 valence electrons. The van der Waals surface area contributed by atoms with Crippen molar-refractivity contribution in [1.82, 2.24) is 0 Å². The van der Waals surface area contributed by atoms with Crippen LogP contribution in [0.25, 0.3) is 0 Å². The lowest BCUT2D eigenvalue weighted by atomic mass is 9.51. The Balaban J connectivity index is 1.58. The average molecular weight is 352 g/mol. The second kappa shape index (κ2) is 5.87. The number of hydrogen-bond donors (Lipinski definition) is 1. The van der Waals surface area contributed by atoms with Gasteiger partial charge in [0.05, 0.1) is 0 Å².